The number of pyridine rings is 1. The van der Waals surface area contributed by atoms with E-state index in [-0.39, 0.29) is 11.8 Å². The highest BCUT2D eigenvalue weighted by Crippen LogP contribution is 2.24. The van der Waals surface area contributed by atoms with E-state index in [1.165, 1.54) is 6.42 Å². The number of benzene rings is 1. The zero-order valence-electron chi connectivity index (χ0n) is 14.5. The molecule has 2 aromatic rings. The van der Waals surface area contributed by atoms with Crippen LogP contribution in [0.1, 0.15) is 43.7 Å². The summed E-state index contributed by atoms with van der Waals surface area (Å²) in [5, 5.41) is 11.6. The van der Waals surface area contributed by atoms with Gasteiger partial charge in [0.25, 0.3) is 0 Å². The van der Waals surface area contributed by atoms with Gasteiger partial charge in [-0.15, -0.1) is 0 Å². The van der Waals surface area contributed by atoms with E-state index in [9.17, 15) is 4.79 Å². The van der Waals surface area contributed by atoms with Gasteiger partial charge in [-0.1, -0.05) is 40.5 Å². The maximum Gasteiger partial charge on any atom is 0.354 e. The van der Waals surface area contributed by atoms with Gasteiger partial charge in [-0.2, -0.15) is 0 Å². The van der Waals surface area contributed by atoms with Crippen molar-refractivity contribution in [3.8, 4) is 0 Å². The number of nitrogens with zero attached hydrogens (tertiary/aromatic N) is 1. The van der Waals surface area contributed by atoms with Crippen LogP contribution in [0.3, 0.4) is 0 Å². The smallest absolute Gasteiger partial charge is 0.354 e. The molecular formula is C20H22BrN3O2. The molecule has 3 rings (SSSR count). The first-order valence-corrected chi connectivity index (χ1v) is 9.65. The van der Waals surface area contributed by atoms with Gasteiger partial charge in [0.1, 0.15) is 23.7 Å². The predicted octanol–water partition coefficient (Wildman–Crippen LogP) is 4.89. The number of rotatable bonds is 6. The van der Waals surface area contributed by atoms with E-state index in [1.807, 2.05) is 42.5 Å². The standard InChI is InChI=1S/C20H22BrN3O2/c21-15-11-9-14(10-12-15)19(24-17-8-4-5-13-23-17)18(22)20(25)26-16-6-2-1-3-7-16/h4-5,8-13,16,19,22H,1-3,6-7H2,(H,23,24). The molecule has 1 aromatic carbocycles. The third-order valence-corrected chi connectivity index (χ3v) is 5.02. The molecular weight excluding hydrogens is 394 g/mol. The first-order valence-electron chi connectivity index (χ1n) is 8.86. The van der Waals surface area contributed by atoms with Gasteiger partial charge in [-0.25, -0.2) is 9.78 Å². The van der Waals surface area contributed by atoms with E-state index < -0.39 is 12.0 Å². The van der Waals surface area contributed by atoms with Crippen LogP contribution < -0.4 is 5.32 Å². The molecule has 1 unspecified atom stereocenters. The summed E-state index contributed by atoms with van der Waals surface area (Å²) < 4.78 is 6.52. The molecule has 1 aromatic heterocycles. The number of aromatic nitrogens is 1. The third-order valence-electron chi connectivity index (χ3n) is 4.49. The molecule has 6 heteroatoms. The van der Waals surface area contributed by atoms with Crippen molar-refractivity contribution in [1.29, 1.82) is 5.41 Å². The second kappa shape index (κ2) is 8.94. The lowest BCUT2D eigenvalue weighted by Crippen LogP contribution is -2.32. The maximum atomic E-state index is 12.6. The zero-order chi connectivity index (χ0) is 18.4. The zero-order valence-corrected chi connectivity index (χ0v) is 16.0. The Labute approximate surface area is 161 Å². The molecule has 1 heterocycles. The van der Waals surface area contributed by atoms with Crippen molar-refractivity contribution < 1.29 is 9.53 Å². The number of carbonyl (C=O) groups is 1. The number of esters is 1. The van der Waals surface area contributed by atoms with Crippen molar-refractivity contribution in [3.63, 3.8) is 0 Å². The van der Waals surface area contributed by atoms with Crippen molar-refractivity contribution in [1.82, 2.24) is 4.98 Å². The van der Waals surface area contributed by atoms with Crippen LogP contribution in [0, 0.1) is 5.41 Å². The van der Waals surface area contributed by atoms with Crippen molar-refractivity contribution in [2.75, 3.05) is 5.32 Å². The van der Waals surface area contributed by atoms with Crippen LogP contribution in [0.15, 0.2) is 53.1 Å². The summed E-state index contributed by atoms with van der Waals surface area (Å²) in [6.45, 7) is 0. The molecule has 0 amide bonds. The summed E-state index contributed by atoms with van der Waals surface area (Å²) in [5.74, 6) is 0.0453. The topological polar surface area (TPSA) is 75.1 Å². The van der Waals surface area contributed by atoms with Gasteiger partial charge in [0.15, 0.2) is 0 Å². The Kier molecular flexibility index (Phi) is 6.39. The van der Waals surface area contributed by atoms with Gasteiger partial charge >= 0.3 is 5.97 Å². The van der Waals surface area contributed by atoms with Crippen molar-refractivity contribution >= 4 is 33.4 Å². The Morgan fingerprint density at radius 3 is 2.54 bits per heavy atom. The molecule has 0 spiro atoms. The van der Waals surface area contributed by atoms with Crippen molar-refractivity contribution in [2.45, 2.75) is 44.2 Å². The molecule has 26 heavy (non-hydrogen) atoms. The lowest BCUT2D eigenvalue weighted by Gasteiger charge is -2.24. The number of hydrogen-bond donors (Lipinski definition) is 2. The molecule has 1 atom stereocenters. The minimum Gasteiger partial charge on any atom is -0.458 e. The molecule has 0 aliphatic heterocycles. The number of nitrogens with one attached hydrogen (secondary N) is 2. The highest BCUT2D eigenvalue weighted by molar-refractivity contribution is 9.10. The summed E-state index contributed by atoms with van der Waals surface area (Å²) in [4.78, 5) is 16.8. The van der Waals surface area contributed by atoms with Crippen LogP contribution in [0.5, 0.6) is 0 Å². The monoisotopic (exact) mass is 415 g/mol. The molecule has 1 saturated carbocycles. The van der Waals surface area contributed by atoms with Gasteiger partial charge in [-0.3, -0.25) is 5.41 Å². The second-order valence-electron chi connectivity index (χ2n) is 6.42. The maximum absolute atomic E-state index is 12.6. The molecule has 5 nitrogen and oxygen atoms in total. The summed E-state index contributed by atoms with van der Waals surface area (Å²) >= 11 is 3.42. The SMILES string of the molecule is N=C(C(=O)OC1CCCCC1)C(Nc1ccccn1)c1ccc(Br)cc1. The first-order chi connectivity index (χ1) is 12.6. The number of anilines is 1. The minimum absolute atomic E-state index is 0.0722. The molecule has 1 aliphatic carbocycles. The lowest BCUT2D eigenvalue weighted by molar-refractivity contribution is -0.142. The van der Waals surface area contributed by atoms with Gasteiger partial charge in [-0.05, 0) is 55.5 Å². The third kappa shape index (κ3) is 4.91. The summed E-state index contributed by atoms with van der Waals surface area (Å²) in [6.07, 6.45) is 6.71. The van der Waals surface area contributed by atoms with Crippen LogP contribution in [-0.2, 0) is 9.53 Å². The van der Waals surface area contributed by atoms with Crippen LogP contribution in [-0.4, -0.2) is 22.8 Å². The minimum atomic E-state index is -0.617. The van der Waals surface area contributed by atoms with E-state index >= 15 is 0 Å². The Hall–Kier alpha value is -2.21. The van der Waals surface area contributed by atoms with Crippen LogP contribution in [0.25, 0.3) is 0 Å². The van der Waals surface area contributed by atoms with Crippen molar-refractivity contribution in [2.24, 2.45) is 0 Å². The van der Waals surface area contributed by atoms with Gasteiger partial charge < -0.3 is 10.1 Å². The lowest BCUT2D eigenvalue weighted by atomic mass is 9.97. The summed E-state index contributed by atoms with van der Waals surface area (Å²) in [6, 6.07) is 12.4. The average molecular weight is 416 g/mol. The molecule has 1 fully saturated rings. The fraction of sp³-hybridized carbons (Fsp3) is 0.350. The summed E-state index contributed by atoms with van der Waals surface area (Å²) in [5.41, 5.74) is 0.702. The molecule has 2 N–H and O–H groups in total. The largest absolute Gasteiger partial charge is 0.458 e. The summed E-state index contributed by atoms with van der Waals surface area (Å²) in [7, 11) is 0. The molecule has 0 bridgehead atoms. The van der Waals surface area contributed by atoms with Gasteiger partial charge in [0.2, 0.25) is 0 Å². The molecule has 136 valence electrons. The fourth-order valence-corrected chi connectivity index (χ4v) is 3.35. The molecule has 0 radical (unpaired) electrons. The Bertz CT molecular complexity index is 743. The highest BCUT2D eigenvalue weighted by atomic mass is 79.9. The Morgan fingerprint density at radius 1 is 1.15 bits per heavy atom. The first kappa shape index (κ1) is 18.6. The van der Waals surface area contributed by atoms with E-state index in [1.54, 1.807) is 6.20 Å². The number of ether oxygens (including phenoxy) is 1. The second-order valence-corrected chi connectivity index (χ2v) is 7.34. The molecule has 1 aliphatic rings. The normalized spacial score (nSPS) is 15.9. The number of hydrogen-bond acceptors (Lipinski definition) is 5. The van der Waals surface area contributed by atoms with E-state index in [0.717, 1.165) is 35.7 Å². The van der Waals surface area contributed by atoms with E-state index in [2.05, 4.69) is 26.2 Å². The predicted molar refractivity (Wildman–Crippen MR) is 105 cm³/mol. The number of halogens is 1. The van der Waals surface area contributed by atoms with Crippen LogP contribution >= 0.6 is 15.9 Å². The Balaban J connectivity index is 1.78. The van der Waals surface area contributed by atoms with E-state index in [4.69, 9.17) is 10.1 Å². The van der Waals surface area contributed by atoms with Crippen LogP contribution in [0.2, 0.25) is 0 Å². The quantitative estimate of drug-likeness (QED) is 0.519. The van der Waals surface area contributed by atoms with Crippen molar-refractivity contribution in [3.05, 3.63) is 58.7 Å². The van der Waals surface area contributed by atoms with Gasteiger partial charge in [0.05, 0.1) is 0 Å². The van der Waals surface area contributed by atoms with E-state index in [0.29, 0.717) is 5.82 Å². The van der Waals surface area contributed by atoms with Gasteiger partial charge in [0, 0.05) is 10.7 Å². The average Bonchev–Trinajstić information content (AvgIpc) is 2.68. The fourth-order valence-electron chi connectivity index (χ4n) is 3.09. The van der Waals surface area contributed by atoms with Crippen LogP contribution in [0.4, 0.5) is 5.82 Å². The Morgan fingerprint density at radius 2 is 1.88 bits per heavy atom. The molecule has 0 saturated heterocycles. The number of carbonyl (C=O) groups excluding carboxylic acids is 1. The highest BCUT2D eigenvalue weighted by Gasteiger charge is 2.27.